The van der Waals surface area contributed by atoms with Crippen molar-refractivity contribution in [2.24, 2.45) is 0 Å². The van der Waals surface area contributed by atoms with Crippen molar-refractivity contribution in [1.29, 1.82) is 0 Å². The first-order valence-electron chi connectivity index (χ1n) is 7.17. The van der Waals surface area contributed by atoms with Crippen LogP contribution in [0.3, 0.4) is 0 Å². The molecule has 0 aromatic heterocycles. The van der Waals surface area contributed by atoms with Crippen molar-refractivity contribution in [2.45, 2.75) is 38.4 Å². The SMILES string of the molecule is CC1Cc2cc(C(O)C(C)c3ccccc3)ccc2O1. The molecule has 3 atom stereocenters. The summed E-state index contributed by atoms with van der Waals surface area (Å²) in [6.45, 7) is 4.13. The minimum atomic E-state index is -0.487. The highest BCUT2D eigenvalue weighted by Gasteiger charge is 2.23. The normalized spacial score (nSPS) is 20.1. The van der Waals surface area contributed by atoms with Gasteiger partial charge in [-0.3, -0.25) is 0 Å². The second-order valence-corrected chi connectivity index (χ2v) is 5.64. The van der Waals surface area contributed by atoms with E-state index >= 15 is 0 Å². The van der Waals surface area contributed by atoms with Crippen LogP contribution in [0, 0.1) is 0 Å². The van der Waals surface area contributed by atoms with Crippen molar-refractivity contribution in [3.05, 3.63) is 65.2 Å². The fourth-order valence-corrected chi connectivity index (χ4v) is 2.85. The van der Waals surface area contributed by atoms with Gasteiger partial charge in [0.25, 0.3) is 0 Å². The summed E-state index contributed by atoms with van der Waals surface area (Å²) < 4.78 is 5.70. The van der Waals surface area contributed by atoms with Gasteiger partial charge in [0.1, 0.15) is 11.9 Å². The molecular formula is C18H20O2. The molecule has 0 saturated heterocycles. The predicted octanol–water partition coefficient (Wildman–Crippen LogP) is 3.85. The zero-order valence-electron chi connectivity index (χ0n) is 11.9. The summed E-state index contributed by atoms with van der Waals surface area (Å²) in [4.78, 5) is 0. The average Bonchev–Trinajstić information content (AvgIpc) is 2.85. The average molecular weight is 268 g/mol. The summed E-state index contributed by atoms with van der Waals surface area (Å²) >= 11 is 0. The van der Waals surface area contributed by atoms with Crippen LogP contribution in [-0.2, 0) is 6.42 Å². The van der Waals surface area contributed by atoms with E-state index in [1.165, 1.54) is 5.56 Å². The molecule has 1 aliphatic rings. The highest BCUT2D eigenvalue weighted by Crippen LogP contribution is 2.35. The fraction of sp³-hybridized carbons (Fsp3) is 0.333. The lowest BCUT2D eigenvalue weighted by Crippen LogP contribution is -2.08. The van der Waals surface area contributed by atoms with Crippen molar-refractivity contribution in [3.63, 3.8) is 0 Å². The van der Waals surface area contributed by atoms with Gasteiger partial charge in [-0.15, -0.1) is 0 Å². The highest BCUT2D eigenvalue weighted by atomic mass is 16.5. The Labute approximate surface area is 120 Å². The van der Waals surface area contributed by atoms with E-state index in [1.807, 2.05) is 30.3 Å². The summed E-state index contributed by atoms with van der Waals surface area (Å²) in [6.07, 6.45) is 0.679. The minimum Gasteiger partial charge on any atom is -0.490 e. The standard InChI is InChI=1S/C18H20O2/c1-12-10-16-11-15(8-9-17(16)20-12)18(19)13(2)14-6-4-3-5-7-14/h3-9,11-13,18-19H,10H2,1-2H3. The number of aliphatic hydroxyl groups excluding tert-OH is 1. The van der Waals surface area contributed by atoms with E-state index < -0.39 is 6.10 Å². The molecule has 0 amide bonds. The van der Waals surface area contributed by atoms with Gasteiger partial charge in [0.15, 0.2) is 0 Å². The Hall–Kier alpha value is -1.80. The Morgan fingerprint density at radius 1 is 1.10 bits per heavy atom. The molecule has 0 radical (unpaired) electrons. The number of fused-ring (bicyclic) bond motifs is 1. The largest absolute Gasteiger partial charge is 0.490 e. The van der Waals surface area contributed by atoms with Crippen LogP contribution >= 0.6 is 0 Å². The molecule has 0 aliphatic carbocycles. The number of rotatable bonds is 3. The lowest BCUT2D eigenvalue weighted by Gasteiger charge is -2.20. The van der Waals surface area contributed by atoms with E-state index in [0.29, 0.717) is 0 Å². The van der Waals surface area contributed by atoms with E-state index in [1.54, 1.807) is 0 Å². The van der Waals surface area contributed by atoms with Gasteiger partial charge < -0.3 is 9.84 Å². The van der Waals surface area contributed by atoms with E-state index in [9.17, 15) is 5.11 Å². The molecule has 1 heterocycles. The van der Waals surface area contributed by atoms with Gasteiger partial charge in [-0.05, 0) is 35.7 Å². The molecule has 1 aliphatic heterocycles. The summed E-state index contributed by atoms with van der Waals surface area (Å²) in [5.41, 5.74) is 3.33. The molecule has 20 heavy (non-hydrogen) atoms. The molecule has 0 fully saturated rings. The van der Waals surface area contributed by atoms with Crippen LogP contribution in [0.4, 0.5) is 0 Å². The van der Waals surface area contributed by atoms with Crippen LogP contribution in [0.5, 0.6) is 5.75 Å². The van der Waals surface area contributed by atoms with Crippen molar-refractivity contribution in [2.75, 3.05) is 0 Å². The smallest absolute Gasteiger partial charge is 0.123 e. The monoisotopic (exact) mass is 268 g/mol. The van der Waals surface area contributed by atoms with E-state index in [0.717, 1.165) is 23.3 Å². The second-order valence-electron chi connectivity index (χ2n) is 5.64. The molecule has 104 valence electrons. The molecule has 0 bridgehead atoms. The molecule has 2 aromatic rings. The quantitative estimate of drug-likeness (QED) is 0.916. The molecule has 3 unspecified atom stereocenters. The highest BCUT2D eigenvalue weighted by molar-refractivity contribution is 5.42. The van der Waals surface area contributed by atoms with Crippen LogP contribution < -0.4 is 4.74 Å². The zero-order valence-corrected chi connectivity index (χ0v) is 11.9. The Morgan fingerprint density at radius 2 is 1.85 bits per heavy atom. The minimum absolute atomic E-state index is 0.0778. The van der Waals surface area contributed by atoms with Crippen LogP contribution in [0.25, 0.3) is 0 Å². The van der Waals surface area contributed by atoms with Gasteiger partial charge in [-0.25, -0.2) is 0 Å². The van der Waals surface area contributed by atoms with Crippen LogP contribution in [0.15, 0.2) is 48.5 Å². The molecular weight excluding hydrogens is 248 g/mol. The van der Waals surface area contributed by atoms with Gasteiger partial charge in [0.2, 0.25) is 0 Å². The van der Waals surface area contributed by atoms with Crippen molar-refractivity contribution in [1.82, 2.24) is 0 Å². The molecule has 0 spiro atoms. The lowest BCUT2D eigenvalue weighted by molar-refractivity contribution is 0.151. The van der Waals surface area contributed by atoms with Gasteiger partial charge in [0.05, 0.1) is 6.10 Å². The second kappa shape index (κ2) is 5.29. The third kappa shape index (κ3) is 2.44. The van der Waals surface area contributed by atoms with E-state index in [2.05, 4.69) is 32.0 Å². The van der Waals surface area contributed by atoms with Crippen LogP contribution in [0.1, 0.15) is 42.6 Å². The summed E-state index contributed by atoms with van der Waals surface area (Å²) in [5, 5.41) is 10.6. The Bertz CT molecular complexity index is 592. The number of hydrogen-bond donors (Lipinski definition) is 1. The van der Waals surface area contributed by atoms with Gasteiger partial charge >= 0.3 is 0 Å². The first kappa shape index (κ1) is 13.2. The van der Waals surface area contributed by atoms with Gasteiger partial charge in [-0.1, -0.05) is 43.3 Å². The van der Waals surface area contributed by atoms with E-state index in [4.69, 9.17) is 4.74 Å². The topological polar surface area (TPSA) is 29.5 Å². The number of benzene rings is 2. The Kier molecular flexibility index (Phi) is 3.49. The fourth-order valence-electron chi connectivity index (χ4n) is 2.85. The predicted molar refractivity (Wildman–Crippen MR) is 80.1 cm³/mol. The zero-order chi connectivity index (χ0) is 14.1. The molecule has 3 rings (SSSR count). The van der Waals surface area contributed by atoms with Crippen molar-refractivity contribution >= 4 is 0 Å². The number of aliphatic hydroxyl groups is 1. The maximum atomic E-state index is 10.6. The summed E-state index contributed by atoms with van der Waals surface area (Å²) in [7, 11) is 0. The first-order chi connectivity index (χ1) is 9.65. The van der Waals surface area contributed by atoms with Crippen LogP contribution in [0.2, 0.25) is 0 Å². The van der Waals surface area contributed by atoms with Crippen LogP contribution in [-0.4, -0.2) is 11.2 Å². The first-order valence-corrected chi connectivity index (χ1v) is 7.17. The Morgan fingerprint density at radius 3 is 2.60 bits per heavy atom. The third-order valence-corrected chi connectivity index (χ3v) is 4.06. The molecule has 1 N–H and O–H groups in total. The molecule has 0 saturated carbocycles. The van der Waals surface area contributed by atoms with Gasteiger partial charge in [0, 0.05) is 12.3 Å². The van der Waals surface area contributed by atoms with Gasteiger partial charge in [-0.2, -0.15) is 0 Å². The number of ether oxygens (including phenoxy) is 1. The maximum absolute atomic E-state index is 10.6. The molecule has 2 heteroatoms. The number of hydrogen-bond acceptors (Lipinski definition) is 2. The van der Waals surface area contributed by atoms with Crippen molar-refractivity contribution in [3.8, 4) is 5.75 Å². The lowest BCUT2D eigenvalue weighted by atomic mass is 9.90. The van der Waals surface area contributed by atoms with E-state index in [-0.39, 0.29) is 12.0 Å². The molecule has 2 aromatic carbocycles. The Balaban J connectivity index is 1.84. The van der Waals surface area contributed by atoms with Crippen molar-refractivity contribution < 1.29 is 9.84 Å². The molecule has 2 nitrogen and oxygen atoms in total. The summed E-state index contributed by atoms with van der Waals surface area (Å²) in [6, 6.07) is 16.2. The maximum Gasteiger partial charge on any atom is 0.123 e. The third-order valence-electron chi connectivity index (χ3n) is 4.06. The summed E-state index contributed by atoms with van der Waals surface area (Å²) in [5.74, 6) is 1.04.